The molecule has 0 radical (unpaired) electrons. The van der Waals surface area contributed by atoms with Gasteiger partial charge >= 0.3 is 5.97 Å². The van der Waals surface area contributed by atoms with Crippen molar-refractivity contribution in [2.24, 2.45) is 5.92 Å². The number of rotatable bonds is 4. The van der Waals surface area contributed by atoms with Crippen molar-refractivity contribution in [1.29, 1.82) is 0 Å². The smallest absolute Gasteiger partial charge is 0.326 e. The highest BCUT2D eigenvalue weighted by molar-refractivity contribution is 6.02. The first-order chi connectivity index (χ1) is 10.3. The zero-order chi connectivity index (χ0) is 16.4. The van der Waals surface area contributed by atoms with E-state index in [0.29, 0.717) is 30.5 Å². The molecular weight excluding hydrogens is 288 g/mol. The molecule has 1 heterocycles. The number of hydrogen-bond acceptors (Lipinski definition) is 4. The van der Waals surface area contributed by atoms with E-state index in [9.17, 15) is 19.2 Å². The van der Waals surface area contributed by atoms with Gasteiger partial charge in [0.1, 0.15) is 11.6 Å². The molecule has 1 aromatic heterocycles. The van der Waals surface area contributed by atoms with E-state index in [-0.39, 0.29) is 17.3 Å². The van der Waals surface area contributed by atoms with E-state index < -0.39 is 23.5 Å². The Balaban J connectivity index is 2.34. The molecule has 0 bridgehead atoms. The van der Waals surface area contributed by atoms with Crippen molar-refractivity contribution in [2.75, 3.05) is 0 Å². The van der Waals surface area contributed by atoms with Gasteiger partial charge < -0.3 is 15.4 Å². The number of aromatic amines is 1. The van der Waals surface area contributed by atoms with Crippen molar-refractivity contribution in [3.8, 4) is 0 Å². The zero-order valence-corrected chi connectivity index (χ0v) is 12.4. The molecule has 1 atom stereocenters. The molecule has 0 aromatic carbocycles. The maximum Gasteiger partial charge on any atom is 0.326 e. The fourth-order valence-electron chi connectivity index (χ4n) is 2.48. The van der Waals surface area contributed by atoms with Crippen molar-refractivity contribution < 1.29 is 19.5 Å². The average Bonchev–Trinajstić information content (AvgIpc) is 2.43. The lowest BCUT2D eigenvalue weighted by molar-refractivity contribution is -0.140. The van der Waals surface area contributed by atoms with E-state index in [1.54, 1.807) is 13.8 Å². The predicted octanol–water partition coefficient (Wildman–Crippen LogP) is 0.733. The molecule has 0 saturated carbocycles. The zero-order valence-electron chi connectivity index (χ0n) is 12.4. The van der Waals surface area contributed by atoms with Crippen LogP contribution in [0.1, 0.15) is 53.1 Å². The van der Waals surface area contributed by atoms with E-state index in [1.807, 2.05) is 0 Å². The second kappa shape index (κ2) is 6.13. The summed E-state index contributed by atoms with van der Waals surface area (Å²) in [5.41, 5.74) is 0.0311. The summed E-state index contributed by atoms with van der Waals surface area (Å²) in [6.45, 7) is 3.30. The summed E-state index contributed by atoms with van der Waals surface area (Å²) in [4.78, 5) is 49.7. The number of amides is 1. The molecule has 7 nitrogen and oxygen atoms in total. The third-order valence-corrected chi connectivity index (χ3v) is 3.72. The van der Waals surface area contributed by atoms with E-state index in [2.05, 4.69) is 10.3 Å². The first-order valence-electron chi connectivity index (χ1n) is 7.14. The lowest BCUT2D eigenvalue weighted by atomic mass is 9.93. The van der Waals surface area contributed by atoms with Crippen LogP contribution in [0.15, 0.2) is 10.9 Å². The van der Waals surface area contributed by atoms with Crippen LogP contribution in [0.3, 0.4) is 0 Å². The minimum Gasteiger partial charge on any atom is -0.480 e. The lowest BCUT2D eigenvalue weighted by Crippen LogP contribution is -2.45. The van der Waals surface area contributed by atoms with Crippen LogP contribution < -0.4 is 10.9 Å². The fourth-order valence-corrected chi connectivity index (χ4v) is 2.48. The van der Waals surface area contributed by atoms with Gasteiger partial charge in [0, 0.05) is 17.7 Å². The van der Waals surface area contributed by atoms with Gasteiger partial charge in [0.05, 0.1) is 0 Å². The third kappa shape index (κ3) is 3.08. The van der Waals surface area contributed by atoms with Crippen LogP contribution in [0.5, 0.6) is 0 Å². The number of aromatic nitrogens is 1. The van der Waals surface area contributed by atoms with E-state index in [4.69, 9.17) is 5.11 Å². The first kappa shape index (κ1) is 15.9. The third-order valence-electron chi connectivity index (χ3n) is 3.72. The van der Waals surface area contributed by atoms with E-state index >= 15 is 0 Å². The number of nitrogens with one attached hydrogen (secondary N) is 2. The Morgan fingerprint density at radius 1 is 1.27 bits per heavy atom. The number of carbonyl (C=O) groups excluding carboxylic acids is 2. The van der Waals surface area contributed by atoms with Crippen LogP contribution in [-0.4, -0.2) is 33.8 Å². The van der Waals surface area contributed by atoms with Crippen LogP contribution >= 0.6 is 0 Å². The minimum atomic E-state index is -1.17. The lowest BCUT2D eigenvalue weighted by Gasteiger charge is -2.19. The van der Waals surface area contributed by atoms with Gasteiger partial charge in [0.25, 0.3) is 11.5 Å². The van der Waals surface area contributed by atoms with E-state index in [1.165, 1.54) is 6.07 Å². The quantitative estimate of drug-likeness (QED) is 0.758. The summed E-state index contributed by atoms with van der Waals surface area (Å²) in [6, 6.07) is 0.170. The summed E-state index contributed by atoms with van der Waals surface area (Å²) in [7, 11) is 0. The van der Waals surface area contributed by atoms with Gasteiger partial charge in [-0.05, 0) is 24.8 Å². The Labute approximate surface area is 126 Å². The van der Waals surface area contributed by atoms with Gasteiger partial charge in [0.2, 0.25) is 0 Å². The molecule has 118 valence electrons. The number of Topliss-reactive ketones (excluding diaryl/α,β-unsaturated/α-hetero) is 1. The average molecular weight is 306 g/mol. The number of aryl methyl sites for hydroxylation is 1. The summed E-state index contributed by atoms with van der Waals surface area (Å²) in [5, 5.41) is 11.4. The number of H-pyrrole nitrogens is 1. The molecule has 0 aliphatic heterocycles. The fraction of sp³-hybridized carbons (Fsp3) is 0.467. The van der Waals surface area contributed by atoms with Crippen molar-refractivity contribution in [1.82, 2.24) is 10.3 Å². The number of pyridine rings is 1. The number of ketones is 1. The van der Waals surface area contributed by atoms with Gasteiger partial charge in [-0.1, -0.05) is 13.8 Å². The molecule has 1 aromatic rings. The Morgan fingerprint density at radius 2 is 1.95 bits per heavy atom. The summed E-state index contributed by atoms with van der Waals surface area (Å²) < 4.78 is 0. The van der Waals surface area contributed by atoms with Crippen molar-refractivity contribution in [2.45, 2.75) is 39.2 Å². The maximum absolute atomic E-state index is 12.2. The number of fused-ring (bicyclic) bond motifs is 1. The largest absolute Gasteiger partial charge is 0.480 e. The highest BCUT2D eigenvalue weighted by atomic mass is 16.4. The maximum atomic E-state index is 12.2. The highest BCUT2D eigenvalue weighted by Gasteiger charge is 2.27. The molecule has 0 spiro atoms. The van der Waals surface area contributed by atoms with Crippen LogP contribution in [0, 0.1) is 5.92 Å². The van der Waals surface area contributed by atoms with Gasteiger partial charge in [-0.2, -0.15) is 0 Å². The Hall–Kier alpha value is -2.44. The Kier molecular flexibility index (Phi) is 4.44. The number of carbonyl (C=O) groups is 3. The molecule has 22 heavy (non-hydrogen) atoms. The SMILES string of the molecule is CC(C)[C@@H](NC(=O)c1cc2c([nH]c1=O)CCCC2=O)C(=O)O. The normalized spacial score (nSPS) is 15.3. The van der Waals surface area contributed by atoms with Crippen LogP contribution in [0.25, 0.3) is 0 Å². The van der Waals surface area contributed by atoms with E-state index in [0.717, 1.165) is 0 Å². The molecule has 2 rings (SSSR count). The monoisotopic (exact) mass is 306 g/mol. The second-order valence-corrected chi connectivity index (χ2v) is 5.71. The predicted molar refractivity (Wildman–Crippen MR) is 78.1 cm³/mol. The molecule has 1 aliphatic rings. The van der Waals surface area contributed by atoms with Crippen LogP contribution in [0.2, 0.25) is 0 Å². The van der Waals surface area contributed by atoms with Gasteiger partial charge in [-0.25, -0.2) is 4.79 Å². The summed E-state index contributed by atoms with van der Waals surface area (Å²) >= 11 is 0. The molecular formula is C15H18N2O5. The van der Waals surface area contributed by atoms with Gasteiger partial charge in [0.15, 0.2) is 5.78 Å². The van der Waals surface area contributed by atoms with Crippen LogP contribution in [-0.2, 0) is 11.2 Å². The molecule has 7 heteroatoms. The molecule has 0 saturated heterocycles. The highest BCUT2D eigenvalue weighted by Crippen LogP contribution is 2.18. The molecule has 1 aliphatic carbocycles. The second-order valence-electron chi connectivity index (χ2n) is 5.71. The van der Waals surface area contributed by atoms with Crippen molar-refractivity contribution in [3.05, 3.63) is 33.2 Å². The van der Waals surface area contributed by atoms with Crippen LogP contribution in [0.4, 0.5) is 0 Å². The molecule has 1 amide bonds. The molecule has 0 unspecified atom stereocenters. The minimum absolute atomic E-state index is 0.120. The van der Waals surface area contributed by atoms with Gasteiger partial charge in [-0.15, -0.1) is 0 Å². The molecule has 3 N–H and O–H groups in total. The summed E-state index contributed by atoms with van der Waals surface area (Å²) in [5.74, 6) is -2.41. The van der Waals surface area contributed by atoms with Gasteiger partial charge in [-0.3, -0.25) is 14.4 Å². The molecule has 0 fully saturated rings. The first-order valence-corrected chi connectivity index (χ1v) is 7.14. The standard InChI is InChI=1S/C15H18N2O5/c1-7(2)12(15(21)22)17-14(20)9-6-8-10(16-13(9)19)4-3-5-11(8)18/h6-7,12H,3-5H2,1-2H3,(H,16,19)(H,17,20)(H,21,22)/t12-/m1/s1. The Morgan fingerprint density at radius 3 is 2.55 bits per heavy atom. The number of aliphatic carboxylic acids is 1. The Bertz CT molecular complexity index is 690. The van der Waals surface area contributed by atoms with Crippen molar-refractivity contribution >= 4 is 17.7 Å². The summed E-state index contributed by atoms with van der Waals surface area (Å²) in [6.07, 6.45) is 1.63. The number of carboxylic acids is 1. The topological polar surface area (TPSA) is 116 Å². The number of carboxylic acid groups (broad SMARTS) is 1. The number of hydrogen-bond donors (Lipinski definition) is 3. The van der Waals surface area contributed by atoms with Crippen molar-refractivity contribution in [3.63, 3.8) is 0 Å².